The van der Waals surface area contributed by atoms with Gasteiger partial charge in [0.05, 0.1) is 6.61 Å². The Bertz CT molecular complexity index is 1740. The van der Waals surface area contributed by atoms with Crippen LogP contribution in [-0.2, 0) is 19.1 Å². The molecule has 0 aliphatic rings. The molecule has 1 atom stereocenters. The van der Waals surface area contributed by atoms with E-state index in [9.17, 15) is 14.7 Å². The van der Waals surface area contributed by atoms with E-state index in [-0.39, 0.29) is 25.2 Å². The highest BCUT2D eigenvalue weighted by molar-refractivity contribution is 5.70. The Morgan fingerprint density at radius 1 is 0.270 bits per heavy atom. The number of rotatable bonds is 71. The predicted molar refractivity (Wildman–Crippen MR) is 394 cm³/mol. The Kier molecular flexibility index (Phi) is 75.3. The molecule has 0 rings (SSSR count). The molecule has 0 saturated heterocycles. The molecular weight excluding hydrogens is 1090 g/mol. The third kappa shape index (κ3) is 76.7. The summed E-state index contributed by atoms with van der Waals surface area (Å²) in [6.45, 7) is 4.07. The van der Waals surface area contributed by atoms with Crippen LogP contribution in [0.2, 0.25) is 0 Å². The van der Waals surface area contributed by atoms with E-state index >= 15 is 0 Å². The maximum absolute atomic E-state index is 12.4. The molecule has 0 aromatic heterocycles. The second-order valence-electron chi connectivity index (χ2n) is 25.7. The van der Waals surface area contributed by atoms with Crippen molar-refractivity contribution in [3.63, 3.8) is 0 Å². The van der Waals surface area contributed by atoms with E-state index < -0.39 is 6.10 Å². The van der Waals surface area contributed by atoms with Crippen LogP contribution >= 0.6 is 0 Å². The first-order valence-corrected chi connectivity index (χ1v) is 38.6. The van der Waals surface area contributed by atoms with Crippen LogP contribution in [0.4, 0.5) is 0 Å². The SMILES string of the molecule is CC/C=C\C/C=C\C/C=C\C/C=C\C/C=C\C/C=C\C/C=C\C/C=C\C/C=C\C/C=C\CCCCCCCCCCCCC(=O)OC(CO)COC(=O)CCCCCCCCCCCCCCCCCCCCCCCCCCCCCCCCCCCC. The minimum absolute atomic E-state index is 0.0686. The topological polar surface area (TPSA) is 72.8 Å². The van der Waals surface area contributed by atoms with E-state index in [1.807, 2.05) is 0 Å². The fraction of sp³-hybridized carbons (Fsp3) is 0.738. The van der Waals surface area contributed by atoms with Crippen LogP contribution < -0.4 is 0 Å². The molecule has 0 amide bonds. The Morgan fingerprint density at radius 3 is 0.730 bits per heavy atom. The normalized spacial score (nSPS) is 12.9. The molecule has 0 aromatic rings. The van der Waals surface area contributed by atoms with Crippen molar-refractivity contribution in [2.75, 3.05) is 13.2 Å². The summed E-state index contributed by atoms with van der Waals surface area (Å²) in [5.41, 5.74) is 0. The summed E-state index contributed by atoms with van der Waals surface area (Å²) in [5.74, 6) is -0.584. The Labute approximate surface area is 553 Å². The summed E-state index contributed by atoms with van der Waals surface area (Å²) in [4.78, 5) is 24.7. The van der Waals surface area contributed by atoms with Gasteiger partial charge in [-0.25, -0.2) is 0 Å². The second-order valence-corrected chi connectivity index (χ2v) is 25.7. The summed E-state index contributed by atoms with van der Waals surface area (Å²) in [6.07, 6.45) is 115. The van der Waals surface area contributed by atoms with E-state index in [2.05, 4.69) is 135 Å². The Hall–Kier alpha value is -3.70. The molecule has 0 spiro atoms. The van der Waals surface area contributed by atoms with Crippen molar-refractivity contribution in [2.45, 2.75) is 386 Å². The summed E-state index contributed by atoms with van der Waals surface area (Å²) in [5, 5.41) is 9.72. The minimum Gasteiger partial charge on any atom is -0.462 e. The van der Waals surface area contributed by atoms with Gasteiger partial charge >= 0.3 is 11.9 Å². The zero-order valence-electron chi connectivity index (χ0n) is 58.9. The fourth-order valence-corrected chi connectivity index (χ4v) is 11.3. The van der Waals surface area contributed by atoms with E-state index in [4.69, 9.17) is 9.47 Å². The lowest BCUT2D eigenvalue weighted by Gasteiger charge is -2.15. The lowest BCUT2D eigenvalue weighted by molar-refractivity contribution is -0.161. The molecule has 0 radical (unpaired) electrons. The average molecular weight is 1240 g/mol. The highest BCUT2D eigenvalue weighted by Gasteiger charge is 2.16. The molecular formula is C84H146O5. The van der Waals surface area contributed by atoms with Gasteiger partial charge in [0, 0.05) is 12.8 Å². The van der Waals surface area contributed by atoms with Crippen LogP contribution in [0, 0.1) is 0 Å². The molecule has 0 fully saturated rings. The number of carbonyl (C=O) groups is 2. The molecule has 5 nitrogen and oxygen atoms in total. The Balaban J connectivity index is 3.48. The lowest BCUT2D eigenvalue weighted by Crippen LogP contribution is -2.28. The molecule has 0 aliphatic heterocycles. The maximum atomic E-state index is 12.4. The Morgan fingerprint density at radius 2 is 0.483 bits per heavy atom. The number of hydrogen-bond acceptors (Lipinski definition) is 5. The largest absolute Gasteiger partial charge is 0.462 e. The van der Waals surface area contributed by atoms with Gasteiger partial charge in [0.15, 0.2) is 6.10 Å². The summed E-state index contributed by atoms with van der Waals surface area (Å²) >= 11 is 0. The number of esters is 2. The lowest BCUT2D eigenvalue weighted by atomic mass is 10.0. The average Bonchev–Trinajstić information content (AvgIpc) is 3.55. The highest BCUT2D eigenvalue weighted by atomic mass is 16.6. The molecule has 0 saturated carbocycles. The van der Waals surface area contributed by atoms with Gasteiger partial charge < -0.3 is 14.6 Å². The first-order chi connectivity index (χ1) is 44.1. The van der Waals surface area contributed by atoms with Crippen molar-refractivity contribution in [1.82, 2.24) is 0 Å². The summed E-state index contributed by atoms with van der Waals surface area (Å²) in [7, 11) is 0. The van der Waals surface area contributed by atoms with Gasteiger partial charge in [0.1, 0.15) is 6.61 Å². The molecule has 0 aliphatic carbocycles. The number of aliphatic hydroxyl groups is 1. The number of unbranched alkanes of at least 4 members (excludes halogenated alkanes) is 43. The second kappa shape index (κ2) is 78.5. The van der Waals surface area contributed by atoms with Crippen LogP contribution in [0.3, 0.4) is 0 Å². The molecule has 0 aromatic carbocycles. The zero-order chi connectivity index (χ0) is 64.0. The molecule has 5 heteroatoms. The number of aliphatic hydroxyl groups excluding tert-OH is 1. The van der Waals surface area contributed by atoms with Crippen LogP contribution in [0.25, 0.3) is 0 Å². The van der Waals surface area contributed by atoms with Gasteiger partial charge in [-0.2, -0.15) is 0 Å². The summed E-state index contributed by atoms with van der Waals surface area (Å²) in [6, 6.07) is 0. The number of ether oxygens (including phenoxy) is 2. The maximum Gasteiger partial charge on any atom is 0.306 e. The van der Waals surface area contributed by atoms with Crippen LogP contribution in [-0.4, -0.2) is 36.4 Å². The van der Waals surface area contributed by atoms with Crippen LogP contribution in [0.15, 0.2) is 122 Å². The number of allylic oxidation sites excluding steroid dienone is 20. The highest BCUT2D eigenvalue weighted by Crippen LogP contribution is 2.19. The molecule has 1 N–H and O–H groups in total. The molecule has 89 heavy (non-hydrogen) atoms. The number of hydrogen-bond donors (Lipinski definition) is 1. The van der Waals surface area contributed by atoms with Gasteiger partial charge in [-0.05, 0) is 89.9 Å². The molecule has 0 bridgehead atoms. The third-order valence-electron chi connectivity index (χ3n) is 17.0. The molecule has 0 heterocycles. The van der Waals surface area contributed by atoms with E-state index in [1.165, 1.54) is 250 Å². The van der Waals surface area contributed by atoms with Crippen molar-refractivity contribution in [3.8, 4) is 0 Å². The zero-order valence-corrected chi connectivity index (χ0v) is 58.9. The van der Waals surface area contributed by atoms with Crippen molar-refractivity contribution in [2.24, 2.45) is 0 Å². The molecule has 1 unspecified atom stereocenters. The van der Waals surface area contributed by atoms with Gasteiger partial charge in [-0.1, -0.05) is 399 Å². The van der Waals surface area contributed by atoms with E-state index in [1.54, 1.807) is 0 Å². The third-order valence-corrected chi connectivity index (χ3v) is 17.0. The summed E-state index contributed by atoms with van der Waals surface area (Å²) < 4.78 is 10.8. The quantitative estimate of drug-likeness (QED) is 0.0373. The van der Waals surface area contributed by atoms with Crippen molar-refractivity contribution in [1.29, 1.82) is 0 Å². The first kappa shape index (κ1) is 85.3. The van der Waals surface area contributed by atoms with Crippen molar-refractivity contribution in [3.05, 3.63) is 122 Å². The van der Waals surface area contributed by atoms with Gasteiger partial charge in [0.25, 0.3) is 0 Å². The molecule has 512 valence electrons. The minimum atomic E-state index is -0.781. The van der Waals surface area contributed by atoms with E-state index in [0.29, 0.717) is 12.8 Å². The standard InChI is InChI=1S/C84H146O5/c1-3-5-7-9-11-13-15-17-19-21-23-25-27-29-31-33-35-37-39-40-41-42-43-44-45-47-49-51-53-55-57-59-61-63-65-67-69-71-73-75-77-79-84(87)89-82(80-85)81-88-83(86)78-76-74-72-70-68-66-64-62-60-58-56-54-52-50-48-46-38-36-34-32-30-28-26-24-22-20-18-16-14-12-10-8-6-4-2/h5,7,11,13,17,19,23,25,29,31,35,37,40-41,43-44,47,49,53,55,82,85H,3-4,6,8-10,12,14-16,18,20-22,24,26-28,30,32-34,36,38-39,42,45-46,48,50-52,54,56-81H2,1-2H3/b7-5-,13-11-,19-17-,25-23-,31-29-,37-35-,41-40-,44-43-,49-47-,55-53-. The van der Waals surface area contributed by atoms with Crippen molar-refractivity contribution >= 4 is 11.9 Å². The van der Waals surface area contributed by atoms with Crippen molar-refractivity contribution < 1.29 is 24.2 Å². The van der Waals surface area contributed by atoms with Crippen LogP contribution in [0.5, 0.6) is 0 Å². The monoisotopic (exact) mass is 1240 g/mol. The van der Waals surface area contributed by atoms with E-state index in [0.717, 1.165) is 103 Å². The van der Waals surface area contributed by atoms with Gasteiger partial charge in [-0.3, -0.25) is 9.59 Å². The van der Waals surface area contributed by atoms with Gasteiger partial charge in [-0.15, -0.1) is 0 Å². The van der Waals surface area contributed by atoms with Crippen LogP contribution in [0.1, 0.15) is 380 Å². The van der Waals surface area contributed by atoms with Gasteiger partial charge in [0.2, 0.25) is 0 Å². The smallest absolute Gasteiger partial charge is 0.306 e. The number of carbonyl (C=O) groups excluding carboxylic acids is 2. The predicted octanol–water partition coefficient (Wildman–Crippen LogP) is 27.3. The first-order valence-electron chi connectivity index (χ1n) is 38.6. The fourth-order valence-electron chi connectivity index (χ4n) is 11.3.